The molecule has 0 unspecified atom stereocenters. The van der Waals surface area contributed by atoms with Crippen molar-refractivity contribution in [1.82, 2.24) is 0 Å². The van der Waals surface area contributed by atoms with Crippen molar-refractivity contribution in [3.05, 3.63) is 35.4 Å². The Bertz CT molecular complexity index is 438. The average Bonchev–Trinajstić information content (AvgIpc) is 2.61. The van der Waals surface area contributed by atoms with Gasteiger partial charge in [0.15, 0.2) is 0 Å². The summed E-state index contributed by atoms with van der Waals surface area (Å²) >= 11 is 0. The second kappa shape index (κ2) is 12.5. The fourth-order valence-electron chi connectivity index (χ4n) is 2.02. The average molecular weight is 338 g/mol. The number of rotatable bonds is 12. The van der Waals surface area contributed by atoms with Crippen LogP contribution in [0.2, 0.25) is 0 Å². The van der Waals surface area contributed by atoms with E-state index in [2.05, 4.69) is 0 Å². The van der Waals surface area contributed by atoms with Crippen LogP contribution in [0.3, 0.4) is 0 Å². The molecule has 1 aromatic rings. The minimum absolute atomic E-state index is 0.146. The molecule has 0 radical (unpaired) electrons. The van der Waals surface area contributed by atoms with Crippen molar-refractivity contribution < 1.29 is 29.3 Å². The van der Waals surface area contributed by atoms with Gasteiger partial charge in [-0.1, -0.05) is 0 Å². The number of ether oxygens (including phenoxy) is 2. The van der Waals surface area contributed by atoms with Crippen molar-refractivity contribution >= 4 is 11.9 Å². The van der Waals surface area contributed by atoms with Gasteiger partial charge in [-0.2, -0.15) is 0 Å². The number of esters is 2. The van der Waals surface area contributed by atoms with Crippen LogP contribution in [-0.4, -0.2) is 48.6 Å². The summed E-state index contributed by atoms with van der Waals surface area (Å²) in [5, 5.41) is 17.3. The zero-order valence-corrected chi connectivity index (χ0v) is 13.9. The van der Waals surface area contributed by atoms with Crippen LogP contribution < -0.4 is 0 Å². The number of hydrogen-bond donors (Lipinski definition) is 2. The molecule has 1 rings (SSSR count). The van der Waals surface area contributed by atoms with Gasteiger partial charge in [-0.15, -0.1) is 0 Å². The van der Waals surface area contributed by atoms with Crippen molar-refractivity contribution in [2.75, 3.05) is 26.4 Å². The van der Waals surface area contributed by atoms with E-state index in [1.54, 1.807) is 24.3 Å². The lowest BCUT2D eigenvalue weighted by Gasteiger charge is -2.06. The first-order chi connectivity index (χ1) is 11.7. The van der Waals surface area contributed by atoms with E-state index in [-0.39, 0.29) is 13.2 Å². The molecule has 0 aliphatic rings. The first-order valence-electron chi connectivity index (χ1n) is 8.35. The number of benzene rings is 1. The lowest BCUT2D eigenvalue weighted by molar-refractivity contribution is 0.0482. The maximum Gasteiger partial charge on any atom is 0.338 e. The first kappa shape index (κ1) is 20.1. The van der Waals surface area contributed by atoms with Crippen LogP contribution in [0, 0.1) is 0 Å². The minimum Gasteiger partial charge on any atom is -0.462 e. The largest absolute Gasteiger partial charge is 0.462 e. The molecule has 0 spiro atoms. The Morgan fingerprint density at radius 3 is 1.38 bits per heavy atom. The van der Waals surface area contributed by atoms with E-state index in [4.69, 9.17) is 19.7 Å². The highest BCUT2D eigenvalue weighted by molar-refractivity contribution is 5.93. The third-order valence-electron chi connectivity index (χ3n) is 3.43. The van der Waals surface area contributed by atoms with Gasteiger partial charge >= 0.3 is 11.9 Å². The highest BCUT2D eigenvalue weighted by Crippen LogP contribution is 2.09. The third-order valence-corrected chi connectivity index (χ3v) is 3.43. The second-order valence-electron chi connectivity index (χ2n) is 5.42. The van der Waals surface area contributed by atoms with Crippen LogP contribution in [0.5, 0.6) is 0 Å². The molecule has 0 fully saturated rings. The molecule has 6 heteroatoms. The van der Waals surface area contributed by atoms with Gasteiger partial charge in [0.25, 0.3) is 0 Å². The highest BCUT2D eigenvalue weighted by atomic mass is 16.5. The Morgan fingerprint density at radius 1 is 0.667 bits per heavy atom. The monoisotopic (exact) mass is 338 g/mol. The zero-order chi connectivity index (χ0) is 17.6. The summed E-state index contributed by atoms with van der Waals surface area (Å²) in [6.45, 7) is 0.923. The number of aliphatic hydroxyl groups excluding tert-OH is 2. The van der Waals surface area contributed by atoms with Crippen LogP contribution in [0.15, 0.2) is 24.3 Å². The van der Waals surface area contributed by atoms with Gasteiger partial charge in [0.1, 0.15) is 0 Å². The number of carbonyl (C=O) groups is 2. The number of aliphatic hydroxyl groups is 2. The zero-order valence-electron chi connectivity index (χ0n) is 13.9. The maximum absolute atomic E-state index is 11.8. The van der Waals surface area contributed by atoms with Crippen molar-refractivity contribution in [3.63, 3.8) is 0 Å². The van der Waals surface area contributed by atoms with E-state index < -0.39 is 11.9 Å². The molecule has 0 aromatic heterocycles. The van der Waals surface area contributed by atoms with E-state index in [0.717, 1.165) is 12.8 Å². The molecule has 0 saturated heterocycles. The summed E-state index contributed by atoms with van der Waals surface area (Å²) in [7, 11) is 0. The van der Waals surface area contributed by atoms with Crippen molar-refractivity contribution in [2.24, 2.45) is 0 Å². The predicted octanol–water partition coefficient (Wildman–Crippen LogP) is 2.33. The summed E-state index contributed by atoms with van der Waals surface area (Å²) in [6, 6.07) is 6.16. The highest BCUT2D eigenvalue weighted by Gasteiger charge is 2.10. The SMILES string of the molecule is O=C(OCCCCCO)c1ccc(C(=O)OCCCCCO)cc1. The fourth-order valence-corrected chi connectivity index (χ4v) is 2.02. The van der Waals surface area contributed by atoms with E-state index in [1.807, 2.05) is 0 Å². The van der Waals surface area contributed by atoms with E-state index in [1.165, 1.54) is 0 Å². The molecule has 0 aliphatic carbocycles. The van der Waals surface area contributed by atoms with Crippen molar-refractivity contribution in [3.8, 4) is 0 Å². The number of hydrogen-bond acceptors (Lipinski definition) is 6. The van der Waals surface area contributed by atoms with Crippen LogP contribution in [-0.2, 0) is 9.47 Å². The molecular weight excluding hydrogens is 312 g/mol. The minimum atomic E-state index is -0.428. The molecule has 0 heterocycles. The van der Waals surface area contributed by atoms with Gasteiger partial charge in [-0.3, -0.25) is 0 Å². The molecule has 0 aliphatic heterocycles. The van der Waals surface area contributed by atoms with Crippen LogP contribution >= 0.6 is 0 Å². The molecule has 24 heavy (non-hydrogen) atoms. The molecule has 0 bridgehead atoms. The lowest BCUT2D eigenvalue weighted by atomic mass is 10.1. The maximum atomic E-state index is 11.8. The summed E-state index contributed by atoms with van der Waals surface area (Å²) in [5.74, 6) is -0.856. The Balaban J connectivity index is 2.33. The molecule has 0 amide bonds. The van der Waals surface area contributed by atoms with E-state index >= 15 is 0 Å². The molecule has 2 N–H and O–H groups in total. The molecule has 0 saturated carbocycles. The molecule has 6 nitrogen and oxygen atoms in total. The first-order valence-corrected chi connectivity index (χ1v) is 8.35. The van der Waals surface area contributed by atoms with Crippen LogP contribution in [0.4, 0.5) is 0 Å². The van der Waals surface area contributed by atoms with Gasteiger partial charge in [-0.05, 0) is 62.8 Å². The normalized spacial score (nSPS) is 10.4. The third kappa shape index (κ3) is 8.08. The summed E-state index contributed by atoms with van der Waals surface area (Å²) in [4.78, 5) is 23.6. The Hall–Kier alpha value is -1.92. The predicted molar refractivity (Wildman–Crippen MR) is 88.9 cm³/mol. The summed E-state index contributed by atoms with van der Waals surface area (Å²) in [5.41, 5.74) is 0.772. The van der Waals surface area contributed by atoms with E-state index in [9.17, 15) is 9.59 Å². The standard InChI is InChI=1S/C18H26O6/c19-11-3-1-5-13-23-17(21)15-7-9-16(10-8-15)18(22)24-14-6-2-4-12-20/h7-10,19-20H,1-6,11-14H2. The van der Waals surface area contributed by atoms with Gasteiger partial charge in [0.2, 0.25) is 0 Å². The van der Waals surface area contributed by atoms with Crippen molar-refractivity contribution in [2.45, 2.75) is 38.5 Å². The number of unbranched alkanes of at least 4 members (excludes halogenated alkanes) is 4. The summed E-state index contributed by atoms with van der Waals surface area (Å²) in [6.07, 6.45) is 4.46. The quantitative estimate of drug-likeness (QED) is 0.449. The summed E-state index contributed by atoms with van der Waals surface area (Å²) < 4.78 is 10.2. The molecule has 0 atom stereocenters. The smallest absolute Gasteiger partial charge is 0.338 e. The van der Waals surface area contributed by atoms with E-state index in [0.29, 0.717) is 50.0 Å². The molecule has 1 aromatic carbocycles. The van der Waals surface area contributed by atoms with Crippen LogP contribution in [0.1, 0.15) is 59.2 Å². The van der Waals surface area contributed by atoms with Gasteiger partial charge < -0.3 is 19.7 Å². The fraction of sp³-hybridized carbons (Fsp3) is 0.556. The van der Waals surface area contributed by atoms with Crippen molar-refractivity contribution in [1.29, 1.82) is 0 Å². The topological polar surface area (TPSA) is 93.1 Å². The van der Waals surface area contributed by atoms with Crippen LogP contribution in [0.25, 0.3) is 0 Å². The Labute approximate surface area is 142 Å². The van der Waals surface area contributed by atoms with Gasteiger partial charge in [0.05, 0.1) is 24.3 Å². The van der Waals surface area contributed by atoms with Gasteiger partial charge in [0, 0.05) is 13.2 Å². The van der Waals surface area contributed by atoms with Gasteiger partial charge in [-0.25, -0.2) is 9.59 Å². The lowest BCUT2D eigenvalue weighted by Crippen LogP contribution is -2.09. The number of carbonyl (C=O) groups excluding carboxylic acids is 2. The molecular formula is C18H26O6. The Kier molecular flexibility index (Phi) is 10.5. The Morgan fingerprint density at radius 2 is 1.04 bits per heavy atom. The molecule has 134 valence electrons. The second-order valence-corrected chi connectivity index (χ2v) is 5.42.